The Bertz CT molecular complexity index is 477. The van der Waals surface area contributed by atoms with Gasteiger partial charge in [0.25, 0.3) is 0 Å². The molecule has 2 rings (SSSR count). The lowest BCUT2D eigenvalue weighted by atomic mass is 9.89. The number of ether oxygens (including phenoxy) is 1. The zero-order chi connectivity index (χ0) is 11.7. The molecule has 0 spiro atoms. The Morgan fingerprint density at radius 1 is 1.44 bits per heavy atom. The quantitative estimate of drug-likeness (QED) is 0.766. The summed E-state index contributed by atoms with van der Waals surface area (Å²) in [5.41, 5.74) is 1.92. The van der Waals surface area contributed by atoms with Crippen LogP contribution < -0.4 is 0 Å². The van der Waals surface area contributed by atoms with Gasteiger partial charge >= 0.3 is 5.97 Å². The largest absolute Gasteiger partial charge is 0.511 e. The van der Waals surface area contributed by atoms with Gasteiger partial charge in [-0.05, 0) is 29.7 Å². The lowest BCUT2D eigenvalue weighted by molar-refractivity contribution is -0.133. The fourth-order valence-corrected chi connectivity index (χ4v) is 2.07. The number of halogens is 1. The fourth-order valence-electron chi connectivity index (χ4n) is 1.88. The molecule has 0 fully saturated rings. The van der Waals surface area contributed by atoms with E-state index in [0.29, 0.717) is 23.4 Å². The highest BCUT2D eigenvalue weighted by Gasteiger charge is 2.24. The smallest absolute Gasteiger partial charge is 0.341 e. The van der Waals surface area contributed by atoms with Gasteiger partial charge in [0.1, 0.15) is 11.3 Å². The molecule has 1 aromatic rings. The summed E-state index contributed by atoms with van der Waals surface area (Å²) in [5.74, 6) is -0.428. The van der Waals surface area contributed by atoms with Crippen LogP contribution in [-0.4, -0.2) is 18.2 Å². The number of fused-ring (bicyclic) bond motifs is 1. The lowest BCUT2D eigenvalue weighted by Gasteiger charge is -2.18. The minimum absolute atomic E-state index is 0.0849. The van der Waals surface area contributed by atoms with Gasteiger partial charge in [0, 0.05) is 11.4 Å². The van der Waals surface area contributed by atoms with Crippen molar-refractivity contribution in [1.82, 2.24) is 0 Å². The van der Waals surface area contributed by atoms with Crippen LogP contribution in [0.3, 0.4) is 0 Å². The third-order valence-electron chi connectivity index (χ3n) is 2.65. The van der Waals surface area contributed by atoms with Crippen molar-refractivity contribution in [3.8, 4) is 0 Å². The summed E-state index contributed by atoms with van der Waals surface area (Å²) in [4.78, 5) is 11.6. The highest BCUT2D eigenvalue weighted by Crippen LogP contribution is 2.32. The maximum atomic E-state index is 11.6. The Kier molecular flexibility index (Phi) is 2.88. The van der Waals surface area contributed by atoms with Crippen molar-refractivity contribution in [2.75, 3.05) is 7.11 Å². The van der Waals surface area contributed by atoms with Crippen LogP contribution in [0.5, 0.6) is 0 Å². The minimum Gasteiger partial charge on any atom is -0.511 e. The lowest BCUT2D eigenvalue weighted by Crippen LogP contribution is -2.13. The Labute approximate surface area is 98.3 Å². The van der Waals surface area contributed by atoms with E-state index in [-0.39, 0.29) is 11.3 Å². The van der Waals surface area contributed by atoms with E-state index in [2.05, 4.69) is 4.74 Å². The first kappa shape index (κ1) is 11.0. The molecule has 0 aromatic heterocycles. The monoisotopic (exact) mass is 238 g/mol. The number of methoxy groups -OCH3 is 1. The first-order valence-electron chi connectivity index (χ1n) is 4.92. The molecule has 0 bridgehead atoms. The topological polar surface area (TPSA) is 46.5 Å². The normalized spacial score (nSPS) is 14.6. The highest BCUT2D eigenvalue weighted by molar-refractivity contribution is 6.30. The molecular weight excluding hydrogens is 228 g/mol. The number of benzene rings is 1. The number of aliphatic hydroxyl groups excluding tert-OH is 1. The molecule has 1 aliphatic rings. The van der Waals surface area contributed by atoms with Crippen molar-refractivity contribution in [3.63, 3.8) is 0 Å². The van der Waals surface area contributed by atoms with Gasteiger partial charge in [-0.1, -0.05) is 17.7 Å². The summed E-state index contributed by atoms with van der Waals surface area (Å²) in [6.07, 6.45) is 1.12. The first-order chi connectivity index (χ1) is 7.63. The first-order valence-corrected chi connectivity index (χ1v) is 5.30. The van der Waals surface area contributed by atoms with Crippen LogP contribution in [0.15, 0.2) is 24.0 Å². The average molecular weight is 239 g/mol. The second-order valence-corrected chi connectivity index (χ2v) is 4.05. The van der Waals surface area contributed by atoms with Gasteiger partial charge in [-0.3, -0.25) is 0 Å². The van der Waals surface area contributed by atoms with Crippen molar-refractivity contribution < 1.29 is 14.6 Å². The third-order valence-corrected chi connectivity index (χ3v) is 2.88. The van der Waals surface area contributed by atoms with Gasteiger partial charge in [-0.2, -0.15) is 0 Å². The molecule has 0 radical (unpaired) electrons. The van der Waals surface area contributed by atoms with Crippen LogP contribution in [0.2, 0.25) is 5.02 Å². The van der Waals surface area contributed by atoms with Crippen molar-refractivity contribution in [3.05, 3.63) is 40.1 Å². The molecule has 4 heteroatoms. The number of aryl methyl sites for hydroxylation is 1. The maximum Gasteiger partial charge on any atom is 0.341 e. The predicted octanol–water partition coefficient (Wildman–Crippen LogP) is 2.73. The molecule has 16 heavy (non-hydrogen) atoms. The summed E-state index contributed by atoms with van der Waals surface area (Å²) in [6, 6.07) is 5.24. The molecule has 1 N–H and O–H groups in total. The summed E-state index contributed by atoms with van der Waals surface area (Å²) in [5, 5.41) is 10.4. The third kappa shape index (κ3) is 1.78. The SMILES string of the molecule is COC(=O)C1=C(O)CCc2cc(Cl)ccc21. The Morgan fingerprint density at radius 2 is 2.19 bits per heavy atom. The van der Waals surface area contributed by atoms with E-state index in [1.807, 2.05) is 6.07 Å². The average Bonchev–Trinajstić information content (AvgIpc) is 2.28. The van der Waals surface area contributed by atoms with E-state index in [1.54, 1.807) is 12.1 Å². The number of aliphatic hydroxyl groups is 1. The summed E-state index contributed by atoms with van der Waals surface area (Å²) in [7, 11) is 1.30. The summed E-state index contributed by atoms with van der Waals surface area (Å²) >= 11 is 5.88. The molecule has 84 valence electrons. The number of esters is 1. The zero-order valence-electron chi connectivity index (χ0n) is 8.79. The zero-order valence-corrected chi connectivity index (χ0v) is 9.54. The van der Waals surface area contributed by atoms with Crippen molar-refractivity contribution in [1.29, 1.82) is 0 Å². The number of carbonyl (C=O) groups is 1. The van der Waals surface area contributed by atoms with E-state index < -0.39 is 5.97 Å². The number of allylic oxidation sites excluding steroid dienone is 1. The minimum atomic E-state index is -0.513. The fraction of sp³-hybridized carbons (Fsp3) is 0.250. The van der Waals surface area contributed by atoms with Crippen LogP contribution in [0.25, 0.3) is 5.57 Å². The molecule has 0 saturated carbocycles. The number of rotatable bonds is 1. The molecular formula is C12H11ClO3. The standard InChI is InChI=1S/C12H11ClO3/c1-16-12(15)11-9-4-3-8(13)6-7(9)2-5-10(11)14/h3-4,6,14H,2,5H2,1H3. The van der Waals surface area contributed by atoms with Crippen molar-refractivity contribution >= 4 is 23.1 Å². The number of hydrogen-bond donors (Lipinski definition) is 1. The van der Waals surface area contributed by atoms with E-state index >= 15 is 0 Å². The van der Waals surface area contributed by atoms with Crippen LogP contribution in [0, 0.1) is 0 Å². The van der Waals surface area contributed by atoms with Crippen LogP contribution >= 0.6 is 11.6 Å². The van der Waals surface area contributed by atoms with Crippen molar-refractivity contribution in [2.45, 2.75) is 12.8 Å². The van der Waals surface area contributed by atoms with E-state index in [1.165, 1.54) is 7.11 Å². The molecule has 0 atom stereocenters. The number of hydrogen-bond acceptors (Lipinski definition) is 3. The molecule has 1 aromatic carbocycles. The Balaban J connectivity index is 2.56. The molecule has 0 aliphatic heterocycles. The molecule has 0 unspecified atom stereocenters. The molecule has 3 nitrogen and oxygen atoms in total. The maximum absolute atomic E-state index is 11.6. The van der Waals surface area contributed by atoms with Gasteiger partial charge in [0.15, 0.2) is 0 Å². The van der Waals surface area contributed by atoms with Crippen LogP contribution in [0.4, 0.5) is 0 Å². The van der Waals surface area contributed by atoms with Gasteiger partial charge in [0.05, 0.1) is 7.11 Å². The second-order valence-electron chi connectivity index (χ2n) is 3.61. The van der Waals surface area contributed by atoms with E-state index in [4.69, 9.17) is 11.6 Å². The van der Waals surface area contributed by atoms with Gasteiger partial charge < -0.3 is 9.84 Å². The highest BCUT2D eigenvalue weighted by atomic mass is 35.5. The molecule has 0 heterocycles. The summed E-state index contributed by atoms with van der Waals surface area (Å²) in [6.45, 7) is 0. The van der Waals surface area contributed by atoms with Crippen molar-refractivity contribution in [2.24, 2.45) is 0 Å². The molecule has 0 saturated heterocycles. The van der Waals surface area contributed by atoms with Crippen LogP contribution in [0.1, 0.15) is 17.5 Å². The van der Waals surface area contributed by atoms with E-state index in [9.17, 15) is 9.90 Å². The van der Waals surface area contributed by atoms with Gasteiger partial charge in [0.2, 0.25) is 0 Å². The summed E-state index contributed by atoms with van der Waals surface area (Å²) < 4.78 is 4.66. The number of carbonyl (C=O) groups excluding carboxylic acids is 1. The molecule has 1 aliphatic carbocycles. The second kappa shape index (κ2) is 4.18. The van der Waals surface area contributed by atoms with Gasteiger partial charge in [-0.25, -0.2) is 4.79 Å². The van der Waals surface area contributed by atoms with Crippen LogP contribution in [-0.2, 0) is 16.0 Å². The van der Waals surface area contributed by atoms with E-state index in [0.717, 1.165) is 5.56 Å². The molecule has 0 amide bonds. The predicted molar refractivity (Wildman–Crippen MR) is 61.3 cm³/mol. The Hall–Kier alpha value is -1.48. The Morgan fingerprint density at radius 3 is 2.88 bits per heavy atom. The van der Waals surface area contributed by atoms with Gasteiger partial charge in [-0.15, -0.1) is 0 Å².